The fourth-order valence-corrected chi connectivity index (χ4v) is 3.45. The second-order valence-electron chi connectivity index (χ2n) is 8.19. The van der Waals surface area contributed by atoms with Crippen molar-refractivity contribution in [2.45, 2.75) is 45.6 Å². The van der Waals surface area contributed by atoms with Crippen LogP contribution in [0.15, 0.2) is 48.5 Å². The van der Waals surface area contributed by atoms with Crippen LogP contribution in [0.5, 0.6) is 0 Å². The first-order chi connectivity index (χ1) is 12.7. The molecule has 1 atom stereocenters. The number of benzene rings is 2. The van der Waals surface area contributed by atoms with Gasteiger partial charge in [-0.05, 0) is 50.3 Å². The van der Waals surface area contributed by atoms with Crippen LogP contribution in [-0.2, 0) is 11.2 Å². The summed E-state index contributed by atoms with van der Waals surface area (Å²) >= 11 is 0. The molecule has 1 unspecified atom stereocenters. The van der Waals surface area contributed by atoms with Gasteiger partial charge < -0.3 is 9.64 Å². The number of carbonyl (C=O) groups excluding carboxylic acids is 2. The molecule has 0 saturated heterocycles. The predicted molar refractivity (Wildman–Crippen MR) is 106 cm³/mol. The van der Waals surface area contributed by atoms with Crippen LogP contribution in [0.4, 0.5) is 4.79 Å². The van der Waals surface area contributed by atoms with Crippen molar-refractivity contribution in [1.82, 2.24) is 4.90 Å². The fraction of sp³-hybridized carbons (Fsp3) is 0.391. The minimum absolute atomic E-state index is 0.0267. The Balaban J connectivity index is 1.82. The fourth-order valence-electron chi connectivity index (χ4n) is 3.45. The summed E-state index contributed by atoms with van der Waals surface area (Å²) in [5.74, 6) is 0.164. The Labute approximate surface area is 161 Å². The molecule has 1 aliphatic rings. The largest absolute Gasteiger partial charge is 0.444 e. The lowest BCUT2D eigenvalue weighted by Crippen LogP contribution is -2.38. The van der Waals surface area contributed by atoms with E-state index in [2.05, 4.69) is 6.92 Å². The Morgan fingerprint density at radius 2 is 1.74 bits per heavy atom. The van der Waals surface area contributed by atoms with Crippen LogP contribution in [0.25, 0.3) is 0 Å². The van der Waals surface area contributed by atoms with Crippen molar-refractivity contribution in [2.75, 3.05) is 13.1 Å². The zero-order valence-corrected chi connectivity index (χ0v) is 16.5. The van der Waals surface area contributed by atoms with E-state index in [1.807, 2.05) is 69.3 Å². The molecule has 3 rings (SSSR count). The molecule has 4 heteroatoms. The summed E-state index contributed by atoms with van der Waals surface area (Å²) in [6.07, 6.45) is 0.487. The minimum atomic E-state index is -0.505. The van der Waals surface area contributed by atoms with E-state index in [1.54, 1.807) is 4.90 Å². The highest BCUT2D eigenvalue weighted by Crippen LogP contribution is 2.28. The summed E-state index contributed by atoms with van der Waals surface area (Å²) in [5.41, 5.74) is 3.21. The van der Waals surface area contributed by atoms with Crippen LogP contribution in [-0.4, -0.2) is 35.5 Å². The molecule has 0 bridgehead atoms. The van der Waals surface area contributed by atoms with Crippen LogP contribution in [0.2, 0.25) is 0 Å². The molecule has 0 spiro atoms. The number of amides is 1. The molecule has 4 nitrogen and oxygen atoms in total. The van der Waals surface area contributed by atoms with E-state index in [1.165, 1.54) is 5.56 Å². The van der Waals surface area contributed by atoms with E-state index in [0.29, 0.717) is 24.2 Å². The number of hydrogen-bond acceptors (Lipinski definition) is 3. The van der Waals surface area contributed by atoms with E-state index in [4.69, 9.17) is 4.74 Å². The molecule has 2 aromatic carbocycles. The summed E-state index contributed by atoms with van der Waals surface area (Å²) in [5, 5.41) is 0. The maximum Gasteiger partial charge on any atom is 0.410 e. The van der Waals surface area contributed by atoms with E-state index in [0.717, 1.165) is 12.0 Å². The lowest BCUT2D eigenvalue weighted by Gasteiger charge is -2.27. The van der Waals surface area contributed by atoms with Gasteiger partial charge in [0.25, 0.3) is 0 Å². The van der Waals surface area contributed by atoms with Gasteiger partial charge in [-0.2, -0.15) is 0 Å². The summed E-state index contributed by atoms with van der Waals surface area (Å²) in [6, 6.07) is 15.2. The highest BCUT2D eigenvalue weighted by molar-refractivity contribution is 6.09. The molecule has 27 heavy (non-hydrogen) atoms. The van der Waals surface area contributed by atoms with Crippen molar-refractivity contribution in [3.05, 3.63) is 70.8 Å². The number of nitrogens with zero attached hydrogens (tertiary/aromatic N) is 1. The van der Waals surface area contributed by atoms with Crippen molar-refractivity contribution >= 4 is 11.9 Å². The lowest BCUT2D eigenvalue weighted by atomic mass is 9.91. The van der Waals surface area contributed by atoms with Crippen LogP contribution in [0.3, 0.4) is 0 Å². The number of ether oxygens (including phenoxy) is 1. The molecule has 0 aromatic heterocycles. The topological polar surface area (TPSA) is 46.6 Å². The van der Waals surface area contributed by atoms with Crippen LogP contribution >= 0.6 is 0 Å². The second kappa shape index (κ2) is 7.55. The monoisotopic (exact) mass is 365 g/mol. The number of carbonyl (C=O) groups is 2. The molecular formula is C23H27NO3. The third-order valence-electron chi connectivity index (χ3n) is 4.77. The lowest BCUT2D eigenvalue weighted by molar-refractivity contribution is 0.0248. The summed E-state index contributed by atoms with van der Waals surface area (Å²) in [7, 11) is 0. The molecular weight excluding hydrogens is 338 g/mol. The van der Waals surface area contributed by atoms with Crippen LogP contribution in [0, 0.1) is 0 Å². The smallest absolute Gasteiger partial charge is 0.410 e. The van der Waals surface area contributed by atoms with Gasteiger partial charge in [-0.15, -0.1) is 0 Å². The predicted octanol–water partition coefficient (Wildman–Crippen LogP) is 4.81. The normalized spacial score (nSPS) is 17.0. The number of fused-ring (bicyclic) bond motifs is 1. The van der Waals surface area contributed by atoms with Crippen LogP contribution in [0.1, 0.15) is 60.7 Å². The molecule has 1 aliphatic heterocycles. The molecule has 0 N–H and O–H groups in total. The molecule has 142 valence electrons. The van der Waals surface area contributed by atoms with Gasteiger partial charge >= 0.3 is 6.09 Å². The van der Waals surface area contributed by atoms with Crippen molar-refractivity contribution in [2.24, 2.45) is 0 Å². The van der Waals surface area contributed by atoms with Crippen molar-refractivity contribution in [3.63, 3.8) is 0 Å². The molecule has 0 aliphatic carbocycles. The molecule has 0 radical (unpaired) electrons. The van der Waals surface area contributed by atoms with Gasteiger partial charge in [0.2, 0.25) is 0 Å². The standard InChI is InChI=1S/C23H27NO3/c1-16-15-24(22(26)27-23(2,3)4)13-12-17-10-11-19(14-20(16)17)21(25)18-8-6-5-7-9-18/h5-11,14,16H,12-13,15H2,1-4H3. The number of rotatable bonds is 2. The van der Waals surface area contributed by atoms with Gasteiger partial charge in [0.05, 0.1) is 0 Å². The minimum Gasteiger partial charge on any atom is -0.444 e. The maximum absolute atomic E-state index is 12.8. The third-order valence-corrected chi connectivity index (χ3v) is 4.77. The third kappa shape index (κ3) is 4.57. The summed E-state index contributed by atoms with van der Waals surface area (Å²) in [4.78, 5) is 27.0. The Morgan fingerprint density at radius 1 is 1.04 bits per heavy atom. The highest BCUT2D eigenvalue weighted by atomic mass is 16.6. The molecule has 0 fully saturated rings. The van der Waals surface area contributed by atoms with Crippen molar-refractivity contribution in [3.8, 4) is 0 Å². The SMILES string of the molecule is CC1CN(C(=O)OC(C)(C)C)CCc2ccc(C(=O)c3ccccc3)cc21. The highest BCUT2D eigenvalue weighted by Gasteiger charge is 2.27. The first-order valence-electron chi connectivity index (χ1n) is 9.45. The summed E-state index contributed by atoms with van der Waals surface area (Å²) < 4.78 is 5.53. The van der Waals surface area contributed by atoms with Crippen LogP contribution < -0.4 is 0 Å². The zero-order chi connectivity index (χ0) is 19.6. The zero-order valence-electron chi connectivity index (χ0n) is 16.5. The Hall–Kier alpha value is -2.62. The maximum atomic E-state index is 12.8. The number of hydrogen-bond donors (Lipinski definition) is 0. The van der Waals surface area contributed by atoms with Gasteiger partial charge in [0, 0.05) is 24.2 Å². The first-order valence-corrected chi connectivity index (χ1v) is 9.45. The summed E-state index contributed by atoms with van der Waals surface area (Å²) in [6.45, 7) is 8.94. The van der Waals surface area contributed by atoms with E-state index in [9.17, 15) is 9.59 Å². The molecule has 0 saturated carbocycles. The van der Waals surface area contributed by atoms with Gasteiger partial charge in [0.15, 0.2) is 5.78 Å². The Bertz CT molecular complexity index is 836. The van der Waals surface area contributed by atoms with Crippen molar-refractivity contribution in [1.29, 1.82) is 0 Å². The van der Waals surface area contributed by atoms with E-state index >= 15 is 0 Å². The van der Waals surface area contributed by atoms with Gasteiger partial charge in [-0.1, -0.05) is 49.4 Å². The van der Waals surface area contributed by atoms with E-state index < -0.39 is 5.60 Å². The average molecular weight is 365 g/mol. The second-order valence-corrected chi connectivity index (χ2v) is 8.19. The van der Waals surface area contributed by atoms with Crippen molar-refractivity contribution < 1.29 is 14.3 Å². The average Bonchev–Trinajstić information content (AvgIpc) is 2.79. The molecule has 1 amide bonds. The molecule has 1 heterocycles. The van der Waals surface area contributed by atoms with E-state index in [-0.39, 0.29) is 17.8 Å². The van der Waals surface area contributed by atoms with Gasteiger partial charge in [0.1, 0.15) is 5.60 Å². The van der Waals surface area contributed by atoms with Gasteiger partial charge in [-0.25, -0.2) is 4.79 Å². The molecule has 2 aromatic rings. The Kier molecular flexibility index (Phi) is 5.36. The quantitative estimate of drug-likeness (QED) is 0.717. The number of ketones is 1. The first kappa shape index (κ1) is 19.2. The van der Waals surface area contributed by atoms with Gasteiger partial charge in [-0.3, -0.25) is 4.79 Å². The Morgan fingerprint density at radius 3 is 2.41 bits per heavy atom.